The van der Waals surface area contributed by atoms with Gasteiger partial charge in [-0.2, -0.15) is 0 Å². The van der Waals surface area contributed by atoms with Gasteiger partial charge in [0.25, 0.3) is 0 Å². The van der Waals surface area contributed by atoms with Crippen molar-refractivity contribution in [2.24, 2.45) is 0 Å². The van der Waals surface area contributed by atoms with Gasteiger partial charge in [0.15, 0.2) is 0 Å². The van der Waals surface area contributed by atoms with Crippen LogP contribution < -0.4 is 0 Å². The topological polar surface area (TPSA) is 47.0 Å². The fourth-order valence-corrected chi connectivity index (χ4v) is 2.51. The van der Waals surface area contributed by atoms with Crippen LogP contribution in [-0.2, 0) is 4.79 Å². The Kier molecular flexibility index (Phi) is 4.59. The molecule has 2 rings (SSSR count). The second kappa shape index (κ2) is 5.99. The van der Waals surface area contributed by atoms with E-state index in [4.69, 9.17) is 0 Å². The van der Waals surface area contributed by atoms with Gasteiger partial charge in [0.1, 0.15) is 0 Å². The predicted molar refractivity (Wildman–Crippen MR) is 70.4 cm³/mol. The van der Waals surface area contributed by atoms with E-state index >= 15 is 0 Å². The molecule has 5 heteroatoms. The summed E-state index contributed by atoms with van der Waals surface area (Å²) in [7, 11) is 2.04. The molecule has 1 atom stereocenters. The van der Waals surface area contributed by atoms with Crippen LogP contribution in [-0.4, -0.2) is 84.2 Å². The number of aliphatic hydroxyl groups excluding tert-OH is 1. The Labute approximate surface area is 109 Å². The lowest BCUT2D eigenvalue weighted by atomic mass is 10.2. The van der Waals surface area contributed by atoms with Crippen LogP contribution in [0.1, 0.15) is 19.8 Å². The fourth-order valence-electron chi connectivity index (χ4n) is 2.51. The van der Waals surface area contributed by atoms with Gasteiger partial charge in [0.05, 0.1) is 12.6 Å². The Hall–Kier alpha value is -0.650. The fraction of sp³-hybridized carbons (Fsp3) is 0.923. The molecule has 104 valence electrons. The van der Waals surface area contributed by atoms with Crippen molar-refractivity contribution in [2.75, 3.05) is 46.3 Å². The van der Waals surface area contributed by atoms with Gasteiger partial charge >= 0.3 is 0 Å². The van der Waals surface area contributed by atoms with E-state index in [0.717, 1.165) is 26.2 Å². The quantitative estimate of drug-likeness (QED) is 0.726. The van der Waals surface area contributed by atoms with E-state index in [1.807, 2.05) is 18.9 Å². The van der Waals surface area contributed by atoms with Gasteiger partial charge in [-0.25, -0.2) is 0 Å². The number of likely N-dealkylation sites (N-methyl/N-ethyl adjacent to an activating group) is 1. The van der Waals surface area contributed by atoms with E-state index in [2.05, 4.69) is 9.80 Å². The van der Waals surface area contributed by atoms with E-state index in [1.165, 1.54) is 12.8 Å². The first-order valence-corrected chi connectivity index (χ1v) is 6.94. The maximum Gasteiger partial charge on any atom is 0.236 e. The van der Waals surface area contributed by atoms with Crippen molar-refractivity contribution in [2.45, 2.75) is 31.9 Å². The summed E-state index contributed by atoms with van der Waals surface area (Å²) in [5, 5.41) is 9.34. The van der Waals surface area contributed by atoms with E-state index in [9.17, 15) is 9.90 Å². The van der Waals surface area contributed by atoms with Crippen molar-refractivity contribution >= 4 is 5.91 Å². The molecule has 1 aliphatic heterocycles. The summed E-state index contributed by atoms with van der Waals surface area (Å²) in [6, 6.07) is 0.644. The molecular weight excluding hydrogens is 230 g/mol. The number of aliphatic hydroxyl groups is 1. The number of β-amino-alcohol motifs (C(OH)–C–C–N with tert-alkyl or cyclic N) is 1. The van der Waals surface area contributed by atoms with Gasteiger partial charge in [-0.15, -0.1) is 0 Å². The third-order valence-electron chi connectivity index (χ3n) is 3.80. The summed E-state index contributed by atoms with van der Waals surface area (Å²) in [5.41, 5.74) is 0. The molecule has 0 aromatic heterocycles. The highest BCUT2D eigenvalue weighted by Gasteiger charge is 2.29. The van der Waals surface area contributed by atoms with Crippen molar-refractivity contribution < 1.29 is 9.90 Å². The lowest BCUT2D eigenvalue weighted by molar-refractivity contribution is -0.134. The van der Waals surface area contributed by atoms with Crippen LogP contribution in [0, 0.1) is 0 Å². The predicted octanol–water partition coefficient (Wildman–Crippen LogP) is -0.394. The minimum absolute atomic E-state index is 0.251. The minimum Gasteiger partial charge on any atom is -0.392 e. The summed E-state index contributed by atoms with van der Waals surface area (Å²) in [6.45, 7) is 6.43. The van der Waals surface area contributed by atoms with E-state index < -0.39 is 0 Å². The van der Waals surface area contributed by atoms with Crippen LogP contribution >= 0.6 is 0 Å². The first-order chi connectivity index (χ1) is 8.56. The molecule has 0 aromatic carbocycles. The lowest BCUT2D eigenvalue weighted by Crippen LogP contribution is -2.52. The summed E-state index contributed by atoms with van der Waals surface area (Å²) < 4.78 is 0. The number of amides is 1. The SMILES string of the molecule is C[C@H](O)CN1CCN(C(=O)CN(C)C2CC2)CC1. The Morgan fingerprint density at radius 3 is 2.44 bits per heavy atom. The van der Waals surface area contributed by atoms with Crippen molar-refractivity contribution in [1.29, 1.82) is 0 Å². The molecule has 0 aromatic rings. The average molecular weight is 255 g/mol. The van der Waals surface area contributed by atoms with Gasteiger partial charge in [0, 0.05) is 38.8 Å². The van der Waals surface area contributed by atoms with Gasteiger partial charge in [0.2, 0.25) is 5.91 Å². The number of carbonyl (C=O) groups excluding carboxylic acids is 1. The van der Waals surface area contributed by atoms with Crippen molar-refractivity contribution in [3.63, 3.8) is 0 Å². The molecule has 1 saturated carbocycles. The third kappa shape index (κ3) is 3.93. The van der Waals surface area contributed by atoms with Gasteiger partial charge in [-0.1, -0.05) is 0 Å². The van der Waals surface area contributed by atoms with Crippen LogP contribution in [0.15, 0.2) is 0 Å². The third-order valence-corrected chi connectivity index (χ3v) is 3.80. The summed E-state index contributed by atoms with van der Waals surface area (Å²) in [4.78, 5) is 18.4. The highest BCUT2D eigenvalue weighted by Crippen LogP contribution is 2.25. The Bertz CT molecular complexity index is 284. The second-order valence-corrected chi connectivity index (χ2v) is 5.68. The number of nitrogens with zero attached hydrogens (tertiary/aromatic N) is 3. The Balaban J connectivity index is 1.69. The average Bonchev–Trinajstić information content (AvgIpc) is 3.12. The van der Waals surface area contributed by atoms with Crippen LogP contribution in [0.5, 0.6) is 0 Å². The normalized spacial score (nSPS) is 23.4. The molecule has 0 radical (unpaired) electrons. The molecule has 18 heavy (non-hydrogen) atoms. The number of hydrogen-bond acceptors (Lipinski definition) is 4. The molecule has 5 nitrogen and oxygen atoms in total. The first kappa shape index (κ1) is 13.8. The van der Waals surface area contributed by atoms with Crippen molar-refractivity contribution in [3.05, 3.63) is 0 Å². The molecule has 1 aliphatic carbocycles. The number of carbonyl (C=O) groups is 1. The monoisotopic (exact) mass is 255 g/mol. The molecule has 2 fully saturated rings. The Morgan fingerprint density at radius 1 is 1.33 bits per heavy atom. The van der Waals surface area contributed by atoms with Crippen molar-refractivity contribution in [1.82, 2.24) is 14.7 Å². The summed E-state index contributed by atoms with van der Waals surface area (Å²) in [5.74, 6) is 0.251. The zero-order valence-corrected chi connectivity index (χ0v) is 11.5. The van der Waals surface area contributed by atoms with Crippen LogP contribution in [0.3, 0.4) is 0 Å². The zero-order valence-electron chi connectivity index (χ0n) is 11.5. The van der Waals surface area contributed by atoms with E-state index in [-0.39, 0.29) is 12.0 Å². The molecule has 1 saturated heterocycles. The molecule has 0 spiro atoms. The number of hydrogen-bond donors (Lipinski definition) is 1. The summed E-state index contributed by atoms with van der Waals surface area (Å²) in [6.07, 6.45) is 2.20. The largest absolute Gasteiger partial charge is 0.392 e. The maximum atomic E-state index is 12.1. The van der Waals surface area contributed by atoms with Gasteiger partial charge in [-0.3, -0.25) is 14.6 Å². The van der Waals surface area contributed by atoms with Gasteiger partial charge in [-0.05, 0) is 26.8 Å². The molecular formula is C13H25N3O2. The van der Waals surface area contributed by atoms with Gasteiger partial charge < -0.3 is 10.0 Å². The molecule has 2 aliphatic rings. The van der Waals surface area contributed by atoms with Crippen LogP contribution in [0.2, 0.25) is 0 Å². The highest BCUT2D eigenvalue weighted by molar-refractivity contribution is 5.78. The van der Waals surface area contributed by atoms with Crippen molar-refractivity contribution in [3.8, 4) is 0 Å². The summed E-state index contributed by atoms with van der Waals surface area (Å²) >= 11 is 0. The maximum absolute atomic E-state index is 12.1. The second-order valence-electron chi connectivity index (χ2n) is 5.68. The van der Waals surface area contributed by atoms with E-state index in [1.54, 1.807) is 0 Å². The smallest absolute Gasteiger partial charge is 0.236 e. The first-order valence-electron chi connectivity index (χ1n) is 6.94. The molecule has 0 bridgehead atoms. The van der Waals surface area contributed by atoms with E-state index in [0.29, 0.717) is 19.1 Å². The van der Waals surface area contributed by atoms with Crippen LogP contribution in [0.4, 0.5) is 0 Å². The zero-order chi connectivity index (χ0) is 13.1. The molecule has 0 unspecified atom stereocenters. The molecule has 1 heterocycles. The minimum atomic E-state index is -0.284. The number of piperazine rings is 1. The highest BCUT2D eigenvalue weighted by atomic mass is 16.3. The molecule has 1 N–H and O–H groups in total. The standard InChI is InChI=1S/C13H25N3O2/c1-11(17)9-15-5-7-16(8-6-15)13(18)10-14(2)12-3-4-12/h11-12,17H,3-10H2,1-2H3/t11-/m0/s1. The lowest BCUT2D eigenvalue weighted by Gasteiger charge is -2.36. The van der Waals surface area contributed by atoms with Crippen LogP contribution in [0.25, 0.3) is 0 Å². The number of rotatable bonds is 5. The Morgan fingerprint density at radius 2 is 1.94 bits per heavy atom. The molecule has 1 amide bonds.